The number of hydrogen-bond acceptors (Lipinski definition) is 4. The summed E-state index contributed by atoms with van der Waals surface area (Å²) in [6.07, 6.45) is 1.99. The Morgan fingerprint density at radius 3 is 2.50 bits per heavy atom. The highest BCUT2D eigenvalue weighted by atomic mass is 79.9. The maximum absolute atomic E-state index is 12.4. The first-order chi connectivity index (χ1) is 12.4. The van der Waals surface area contributed by atoms with E-state index >= 15 is 0 Å². The van der Waals surface area contributed by atoms with Crippen molar-refractivity contribution in [3.8, 4) is 0 Å². The third kappa shape index (κ3) is 5.45. The first-order valence-electron chi connectivity index (χ1n) is 8.02. The molecule has 2 amide bonds. The molecule has 0 atom stereocenters. The molecule has 0 aliphatic heterocycles. The van der Waals surface area contributed by atoms with Crippen LogP contribution in [0.5, 0.6) is 0 Å². The molecule has 0 bridgehead atoms. The van der Waals surface area contributed by atoms with Crippen LogP contribution in [0.25, 0.3) is 0 Å². The molecule has 0 radical (unpaired) electrons. The van der Waals surface area contributed by atoms with Crippen molar-refractivity contribution in [3.63, 3.8) is 0 Å². The van der Waals surface area contributed by atoms with Gasteiger partial charge >= 0.3 is 5.97 Å². The number of carbonyl (C=O) groups is 3. The minimum absolute atomic E-state index is 0.136. The van der Waals surface area contributed by atoms with Gasteiger partial charge in [0.2, 0.25) is 5.91 Å². The van der Waals surface area contributed by atoms with Gasteiger partial charge < -0.3 is 19.9 Å². The number of nitrogens with zero attached hydrogens (tertiary/aromatic N) is 1. The fourth-order valence-corrected chi connectivity index (χ4v) is 2.78. The topological polar surface area (TPSA) is 89.4 Å². The van der Waals surface area contributed by atoms with Gasteiger partial charge in [-0.15, -0.1) is 0 Å². The molecule has 7 nitrogen and oxygen atoms in total. The molecule has 1 heterocycles. The smallest absolute Gasteiger partial charge is 0.325 e. The van der Waals surface area contributed by atoms with E-state index in [1.165, 1.54) is 7.11 Å². The summed E-state index contributed by atoms with van der Waals surface area (Å²) in [6.45, 7) is 2.49. The number of benzene rings is 1. The maximum Gasteiger partial charge on any atom is 0.325 e. The van der Waals surface area contributed by atoms with Crippen LogP contribution < -0.4 is 10.6 Å². The van der Waals surface area contributed by atoms with Gasteiger partial charge in [0.1, 0.15) is 12.2 Å². The Morgan fingerprint density at radius 1 is 1.19 bits per heavy atom. The van der Waals surface area contributed by atoms with Crippen molar-refractivity contribution in [2.45, 2.75) is 19.9 Å². The summed E-state index contributed by atoms with van der Waals surface area (Å²) in [6, 6.07) is 8.73. The van der Waals surface area contributed by atoms with Crippen LogP contribution in [0.2, 0.25) is 0 Å². The molecule has 138 valence electrons. The van der Waals surface area contributed by atoms with Crippen LogP contribution in [0.1, 0.15) is 23.0 Å². The quantitative estimate of drug-likeness (QED) is 0.671. The van der Waals surface area contributed by atoms with E-state index in [9.17, 15) is 14.4 Å². The van der Waals surface area contributed by atoms with Crippen LogP contribution >= 0.6 is 15.9 Å². The molecule has 2 rings (SSSR count). The second-order valence-electron chi connectivity index (χ2n) is 5.51. The number of carbonyl (C=O) groups excluding carboxylic acids is 3. The Bertz CT molecular complexity index is 799. The van der Waals surface area contributed by atoms with E-state index in [1.54, 1.807) is 30.3 Å². The molecule has 2 aromatic rings. The first kappa shape index (κ1) is 19.7. The number of amides is 2. The summed E-state index contributed by atoms with van der Waals surface area (Å²) in [7, 11) is 1.26. The molecular weight excluding hydrogens is 402 g/mol. The lowest BCUT2D eigenvalue weighted by Crippen LogP contribution is -2.31. The van der Waals surface area contributed by atoms with Crippen molar-refractivity contribution in [1.29, 1.82) is 0 Å². The number of hydrogen-bond donors (Lipinski definition) is 2. The van der Waals surface area contributed by atoms with Gasteiger partial charge in [0.25, 0.3) is 5.91 Å². The van der Waals surface area contributed by atoms with E-state index < -0.39 is 5.97 Å². The van der Waals surface area contributed by atoms with Crippen LogP contribution in [-0.2, 0) is 27.3 Å². The highest BCUT2D eigenvalue weighted by Crippen LogP contribution is 2.17. The fraction of sp³-hybridized carbons (Fsp3) is 0.278. The van der Waals surface area contributed by atoms with Crippen molar-refractivity contribution in [2.24, 2.45) is 0 Å². The SMILES string of the molecule is CCn1cc(Br)cc1C(=O)Nc1ccc(CC(=O)NCC(=O)OC)cc1. The van der Waals surface area contributed by atoms with E-state index in [1.807, 2.05) is 17.7 Å². The van der Waals surface area contributed by atoms with Gasteiger partial charge in [0.05, 0.1) is 13.5 Å². The molecule has 0 saturated heterocycles. The average molecular weight is 422 g/mol. The van der Waals surface area contributed by atoms with E-state index in [0.717, 1.165) is 10.0 Å². The van der Waals surface area contributed by atoms with Crippen molar-refractivity contribution in [3.05, 3.63) is 52.3 Å². The van der Waals surface area contributed by atoms with Gasteiger partial charge in [0.15, 0.2) is 0 Å². The Hall–Kier alpha value is -2.61. The zero-order valence-electron chi connectivity index (χ0n) is 14.5. The molecule has 0 fully saturated rings. The molecule has 0 spiro atoms. The third-order valence-corrected chi connectivity index (χ3v) is 4.10. The molecule has 0 aliphatic rings. The Kier molecular flexibility index (Phi) is 6.97. The lowest BCUT2D eigenvalue weighted by atomic mass is 10.1. The van der Waals surface area contributed by atoms with Gasteiger partial charge in [0, 0.05) is 22.9 Å². The van der Waals surface area contributed by atoms with E-state index in [0.29, 0.717) is 17.9 Å². The van der Waals surface area contributed by atoms with Crippen molar-refractivity contribution in [1.82, 2.24) is 9.88 Å². The average Bonchev–Trinajstić information content (AvgIpc) is 3.02. The van der Waals surface area contributed by atoms with Crippen molar-refractivity contribution < 1.29 is 19.1 Å². The van der Waals surface area contributed by atoms with Crippen LogP contribution in [0, 0.1) is 0 Å². The number of aromatic nitrogens is 1. The van der Waals surface area contributed by atoms with Gasteiger partial charge in [-0.1, -0.05) is 12.1 Å². The van der Waals surface area contributed by atoms with Crippen LogP contribution in [-0.4, -0.2) is 36.0 Å². The van der Waals surface area contributed by atoms with Crippen LogP contribution in [0.4, 0.5) is 5.69 Å². The molecule has 26 heavy (non-hydrogen) atoms. The summed E-state index contributed by atoms with van der Waals surface area (Å²) in [5.41, 5.74) is 1.96. The van der Waals surface area contributed by atoms with Gasteiger partial charge in [-0.25, -0.2) is 0 Å². The highest BCUT2D eigenvalue weighted by molar-refractivity contribution is 9.10. The minimum Gasteiger partial charge on any atom is -0.468 e. The molecule has 0 saturated carbocycles. The predicted octanol–water partition coefficient (Wildman–Crippen LogP) is 2.35. The fourth-order valence-electron chi connectivity index (χ4n) is 2.32. The molecule has 1 aromatic heterocycles. The summed E-state index contributed by atoms with van der Waals surface area (Å²) < 4.78 is 7.15. The standard InChI is InChI=1S/C18H20BrN3O4/c1-3-22-11-13(19)9-15(22)18(25)21-14-6-4-12(5-7-14)8-16(23)20-10-17(24)26-2/h4-7,9,11H,3,8,10H2,1-2H3,(H,20,23)(H,21,25). The lowest BCUT2D eigenvalue weighted by molar-refractivity contribution is -0.141. The number of aryl methyl sites for hydroxylation is 1. The summed E-state index contributed by atoms with van der Waals surface area (Å²) in [4.78, 5) is 35.1. The number of rotatable bonds is 7. The lowest BCUT2D eigenvalue weighted by Gasteiger charge is -2.09. The summed E-state index contributed by atoms with van der Waals surface area (Å²) in [5.74, 6) is -0.987. The number of nitrogens with one attached hydrogen (secondary N) is 2. The number of methoxy groups -OCH3 is 1. The first-order valence-corrected chi connectivity index (χ1v) is 8.81. The number of anilines is 1. The van der Waals surface area contributed by atoms with Crippen molar-refractivity contribution in [2.75, 3.05) is 19.0 Å². The Morgan fingerprint density at radius 2 is 1.88 bits per heavy atom. The second kappa shape index (κ2) is 9.19. The van der Waals surface area contributed by atoms with Crippen LogP contribution in [0.15, 0.2) is 41.0 Å². The third-order valence-electron chi connectivity index (χ3n) is 3.67. The normalized spacial score (nSPS) is 10.3. The minimum atomic E-state index is -0.500. The highest BCUT2D eigenvalue weighted by Gasteiger charge is 2.13. The largest absolute Gasteiger partial charge is 0.468 e. The monoisotopic (exact) mass is 421 g/mol. The second-order valence-corrected chi connectivity index (χ2v) is 6.43. The van der Waals surface area contributed by atoms with Gasteiger partial charge in [-0.2, -0.15) is 0 Å². The van der Waals surface area contributed by atoms with Gasteiger partial charge in [-0.3, -0.25) is 14.4 Å². The summed E-state index contributed by atoms with van der Waals surface area (Å²) in [5, 5.41) is 5.31. The van der Waals surface area contributed by atoms with E-state index in [2.05, 4.69) is 31.3 Å². The zero-order chi connectivity index (χ0) is 19.1. The molecule has 2 N–H and O–H groups in total. The molecule has 1 aromatic carbocycles. The van der Waals surface area contributed by atoms with E-state index in [-0.39, 0.29) is 24.8 Å². The number of esters is 1. The van der Waals surface area contributed by atoms with E-state index in [4.69, 9.17) is 0 Å². The predicted molar refractivity (Wildman–Crippen MR) is 101 cm³/mol. The zero-order valence-corrected chi connectivity index (χ0v) is 16.1. The molecule has 8 heteroatoms. The number of ether oxygens (including phenoxy) is 1. The Labute approximate surface area is 159 Å². The molecular formula is C18H20BrN3O4. The van der Waals surface area contributed by atoms with Crippen LogP contribution in [0.3, 0.4) is 0 Å². The Balaban J connectivity index is 1.93. The van der Waals surface area contributed by atoms with Gasteiger partial charge in [-0.05, 0) is 46.6 Å². The number of halogens is 1. The maximum atomic E-state index is 12.4. The molecule has 0 aliphatic carbocycles. The van der Waals surface area contributed by atoms with Crippen molar-refractivity contribution >= 4 is 39.4 Å². The summed E-state index contributed by atoms with van der Waals surface area (Å²) >= 11 is 3.37. The molecule has 0 unspecified atom stereocenters.